The highest BCUT2D eigenvalue weighted by atomic mass is 79.9. The topological polar surface area (TPSA) is 12.4 Å². The van der Waals surface area contributed by atoms with E-state index in [0.29, 0.717) is 0 Å². The minimum absolute atomic E-state index is 0.182. The van der Waals surface area contributed by atoms with E-state index in [0.717, 1.165) is 0 Å². The van der Waals surface area contributed by atoms with E-state index in [4.69, 9.17) is 0 Å². The Labute approximate surface area is 123 Å². The van der Waals surface area contributed by atoms with Crippen molar-refractivity contribution in [3.8, 4) is 0 Å². The van der Waals surface area contributed by atoms with E-state index in [1.165, 1.54) is 46.8 Å². The van der Waals surface area contributed by atoms with Gasteiger partial charge >= 0.3 is 0 Å². The third kappa shape index (κ3) is 3.86. The van der Waals surface area contributed by atoms with Gasteiger partial charge in [-0.1, -0.05) is 15.9 Å². The van der Waals surface area contributed by atoms with E-state index in [1.54, 1.807) is 11.9 Å². The average Bonchev–Trinajstić information content (AvgIpc) is 2.27. The van der Waals surface area contributed by atoms with E-state index in [-0.39, 0.29) is 4.75 Å². The van der Waals surface area contributed by atoms with Crippen molar-refractivity contribution in [1.29, 1.82) is 0 Å². The van der Waals surface area contributed by atoms with Gasteiger partial charge in [-0.05, 0) is 87.2 Å². The summed E-state index contributed by atoms with van der Waals surface area (Å²) in [7, 11) is 0. The lowest BCUT2D eigenvalue weighted by Crippen LogP contribution is -2.06. The second-order valence-electron chi connectivity index (χ2n) is 5.79. The molecule has 98 valence electrons. The molecule has 0 aromatic heterocycles. The zero-order chi connectivity index (χ0) is 13.2. The van der Waals surface area contributed by atoms with E-state index in [9.17, 15) is 0 Å². The molecule has 1 aromatic rings. The van der Waals surface area contributed by atoms with Crippen molar-refractivity contribution in [2.24, 2.45) is 4.40 Å². The highest BCUT2D eigenvalue weighted by Gasteiger charge is 2.13. The normalized spacial score (nSPS) is 16.0. The summed E-state index contributed by atoms with van der Waals surface area (Å²) in [6.07, 6.45) is 7.04. The molecule has 0 bridgehead atoms. The van der Waals surface area contributed by atoms with Gasteiger partial charge in [0.15, 0.2) is 0 Å². The molecule has 2 rings (SSSR count). The third-order valence-electron chi connectivity index (χ3n) is 2.96. The fourth-order valence-corrected chi connectivity index (χ4v) is 3.36. The molecule has 0 saturated carbocycles. The molecule has 1 nitrogen and oxygen atoms in total. The maximum absolute atomic E-state index is 4.47. The minimum atomic E-state index is 0.182. The van der Waals surface area contributed by atoms with Crippen LogP contribution in [0.3, 0.4) is 0 Å². The van der Waals surface area contributed by atoms with E-state index < -0.39 is 0 Å². The number of fused-ring (bicyclic) bond motifs is 1. The standard InChI is InChI=1S/C15H20BrNS/c1-15(2,3)18-17-10-11-8-12-6-4-5-7-13(12)14(16)9-11/h8-10H,4-7H2,1-3H3/b17-10+. The third-order valence-corrected chi connectivity index (χ3v) is 4.43. The average molecular weight is 326 g/mol. The van der Waals surface area contributed by atoms with Crippen LogP contribution in [0.15, 0.2) is 21.0 Å². The lowest BCUT2D eigenvalue weighted by Gasteiger charge is -2.18. The smallest absolute Gasteiger partial charge is 0.0424 e. The van der Waals surface area contributed by atoms with Crippen LogP contribution in [0.4, 0.5) is 0 Å². The molecule has 1 aliphatic carbocycles. The number of halogens is 1. The van der Waals surface area contributed by atoms with Crippen LogP contribution in [-0.2, 0) is 12.8 Å². The van der Waals surface area contributed by atoms with Crippen molar-refractivity contribution in [3.05, 3.63) is 33.3 Å². The molecular weight excluding hydrogens is 306 g/mol. The van der Waals surface area contributed by atoms with Crippen LogP contribution in [0.25, 0.3) is 0 Å². The molecule has 0 fully saturated rings. The van der Waals surface area contributed by atoms with Gasteiger partial charge in [-0.25, -0.2) is 4.40 Å². The molecular formula is C15H20BrNS. The quantitative estimate of drug-likeness (QED) is 0.538. The Morgan fingerprint density at radius 3 is 2.67 bits per heavy atom. The molecule has 0 saturated heterocycles. The highest BCUT2D eigenvalue weighted by molar-refractivity contribution is 9.10. The van der Waals surface area contributed by atoms with Gasteiger partial charge in [0, 0.05) is 15.4 Å². The number of nitrogens with zero attached hydrogens (tertiary/aromatic N) is 1. The number of benzene rings is 1. The Morgan fingerprint density at radius 1 is 1.22 bits per heavy atom. The molecule has 0 spiro atoms. The van der Waals surface area contributed by atoms with E-state index in [2.05, 4.69) is 53.2 Å². The summed E-state index contributed by atoms with van der Waals surface area (Å²) in [6, 6.07) is 4.49. The predicted octanol–water partition coefficient (Wildman–Crippen LogP) is 5.19. The van der Waals surface area contributed by atoms with Crippen LogP contribution in [0.1, 0.15) is 50.3 Å². The van der Waals surface area contributed by atoms with Gasteiger partial charge in [0.05, 0.1) is 0 Å². The van der Waals surface area contributed by atoms with Gasteiger partial charge in [0.1, 0.15) is 0 Å². The van der Waals surface area contributed by atoms with Crippen LogP contribution in [0.2, 0.25) is 0 Å². The first kappa shape index (κ1) is 14.1. The summed E-state index contributed by atoms with van der Waals surface area (Å²) in [5.41, 5.74) is 4.21. The first-order chi connectivity index (χ1) is 8.46. The zero-order valence-corrected chi connectivity index (χ0v) is 13.7. The first-order valence-electron chi connectivity index (χ1n) is 6.48. The Balaban J connectivity index is 2.17. The number of rotatable bonds is 2. The molecule has 0 amide bonds. The van der Waals surface area contributed by atoms with Crippen molar-refractivity contribution in [2.45, 2.75) is 51.2 Å². The van der Waals surface area contributed by atoms with Crippen molar-refractivity contribution in [3.63, 3.8) is 0 Å². The molecule has 0 unspecified atom stereocenters. The summed E-state index contributed by atoms with van der Waals surface area (Å²) in [5.74, 6) is 0. The van der Waals surface area contributed by atoms with Crippen molar-refractivity contribution < 1.29 is 0 Å². The molecule has 0 heterocycles. The molecule has 0 aliphatic heterocycles. The van der Waals surface area contributed by atoms with Crippen LogP contribution >= 0.6 is 27.9 Å². The maximum Gasteiger partial charge on any atom is 0.0424 e. The van der Waals surface area contributed by atoms with Crippen molar-refractivity contribution >= 4 is 34.1 Å². The second kappa shape index (κ2) is 5.79. The van der Waals surface area contributed by atoms with Gasteiger partial charge in [-0.3, -0.25) is 0 Å². The van der Waals surface area contributed by atoms with Gasteiger partial charge in [0.25, 0.3) is 0 Å². The summed E-state index contributed by atoms with van der Waals surface area (Å²) < 4.78 is 5.91. The van der Waals surface area contributed by atoms with Crippen LogP contribution in [0.5, 0.6) is 0 Å². The fraction of sp³-hybridized carbons (Fsp3) is 0.533. The molecule has 1 aromatic carbocycles. The number of aryl methyl sites for hydroxylation is 1. The monoisotopic (exact) mass is 325 g/mol. The van der Waals surface area contributed by atoms with Crippen molar-refractivity contribution in [2.75, 3.05) is 0 Å². The van der Waals surface area contributed by atoms with Crippen LogP contribution < -0.4 is 0 Å². The van der Waals surface area contributed by atoms with E-state index in [1.807, 2.05) is 6.21 Å². The number of hydrogen-bond acceptors (Lipinski definition) is 2. The van der Waals surface area contributed by atoms with Gasteiger partial charge in [-0.15, -0.1) is 0 Å². The van der Waals surface area contributed by atoms with Crippen molar-refractivity contribution in [1.82, 2.24) is 0 Å². The predicted molar refractivity (Wildman–Crippen MR) is 85.7 cm³/mol. The second-order valence-corrected chi connectivity index (χ2v) is 8.26. The summed E-state index contributed by atoms with van der Waals surface area (Å²) in [6.45, 7) is 6.54. The Kier molecular flexibility index (Phi) is 4.54. The fourth-order valence-electron chi connectivity index (χ4n) is 2.16. The van der Waals surface area contributed by atoms with Gasteiger partial charge in [-0.2, -0.15) is 0 Å². The Bertz CT molecular complexity index is 460. The summed E-state index contributed by atoms with van der Waals surface area (Å²) >= 11 is 5.32. The Morgan fingerprint density at radius 2 is 1.94 bits per heavy atom. The molecule has 3 heteroatoms. The molecule has 0 N–H and O–H groups in total. The zero-order valence-electron chi connectivity index (χ0n) is 11.3. The molecule has 1 aliphatic rings. The Hall–Kier alpha value is -0.280. The van der Waals surface area contributed by atoms with Crippen LogP contribution in [-0.4, -0.2) is 11.0 Å². The number of hydrogen-bond donors (Lipinski definition) is 0. The lowest BCUT2D eigenvalue weighted by molar-refractivity contribution is 0.683. The van der Waals surface area contributed by atoms with E-state index >= 15 is 0 Å². The minimum Gasteiger partial charge on any atom is -0.223 e. The first-order valence-corrected chi connectivity index (χ1v) is 8.05. The van der Waals surface area contributed by atoms with Crippen LogP contribution in [0, 0.1) is 0 Å². The maximum atomic E-state index is 4.47. The largest absolute Gasteiger partial charge is 0.223 e. The SMILES string of the molecule is CC(C)(C)S/N=C/c1cc(Br)c2c(c1)CCCC2. The molecule has 0 radical (unpaired) electrons. The summed E-state index contributed by atoms with van der Waals surface area (Å²) in [5, 5.41) is 0. The molecule has 18 heavy (non-hydrogen) atoms. The van der Waals surface area contributed by atoms with Gasteiger partial charge in [0.2, 0.25) is 0 Å². The summed E-state index contributed by atoms with van der Waals surface area (Å²) in [4.78, 5) is 0. The van der Waals surface area contributed by atoms with Gasteiger partial charge < -0.3 is 0 Å². The lowest BCUT2D eigenvalue weighted by atomic mass is 9.90. The molecule has 0 atom stereocenters. The highest BCUT2D eigenvalue weighted by Crippen LogP contribution is 2.30.